The van der Waals surface area contributed by atoms with Crippen LogP contribution < -0.4 is 10.1 Å². The molecule has 1 N–H and O–H groups in total. The second kappa shape index (κ2) is 9.33. The van der Waals surface area contributed by atoms with Gasteiger partial charge in [0.2, 0.25) is 15.9 Å². The van der Waals surface area contributed by atoms with Gasteiger partial charge in [0.15, 0.2) is 11.9 Å². The summed E-state index contributed by atoms with van der Waals surface area (Å²) < 4.78 is 35.0. The summed E-state index contributed by atoms with van der Waals surface area (Å²) in [4.78, 5) is 12.2. The zero-order chi connectivity index (χ0) is 27.6. The molecule has 8 nitrogen and oxygen atoms in total. The van der Waals surface area contributed by atoms with Crippen molar-refractivity contribution in [1.29, 1.82) is 0 Å². The van der Waals surface area contributed by atoms with Crippen molar-refractivity contribution in [1.82, 2.24) is 19.5 Å². The Morgan fingerprint density at radius 3 is 2.55 bits per heavy atom. The van der Waals surface area contributed by atoms with Crippen LogP contribution in [0, 0.1) is 0 Å². The van der Waals surface area contributed by atoms with Crippen LogP contribution in [-0.4, -0.2) is 55.7 Å². The highest BCUT2D eigenvalue weighted by atomic mass is 35.5. The number of aromatic nitrogens is 1. The van der Waals surface area contributed by atoms with Crippen molar-refractivity contribution in [2.75, 3.05) is 27.2 Å². The van der Waals surface area contributed by atoms with E-state index in [1.807, 2.05) is 42.5 Å². The Morgan fingerprint density at radius 1 is 1.02 bits per heavy atom. The number of benzene rings is 3. The first kappa shape index (κ1) is 25.1. The Balaban J connectivity index is 1.53. The molecular formula is C30H26ClN5O3S. The van der Waals surface area contributed by atoms with E-state index in [1.165, 1.54) is 18.4 Å². The van der Waals surface area contributed by atoms with Crippen LogP contribution in [0.4, 0.5) is 0 Å². The summed E-state index contributed by atoms with van der Waals surface area (Å²) in [5, 5.41) is 4.74. The number of nitrogens with one attached hydrogen (secondary N) is 1. The molecule has 7 rings (SSSR count). The van der Waals surface area contributed by atoms with Crippen LogP contribution >= 0.6 is 11.6 Å². The Bertz CT molecular complexity index is 1820. The van der Waals surface area contributed by atoms with E-state index < -0.39 is 10.0 Å². The molecule has 4 aromatic rings. The van der Waals surface area contributed by atoms with Gasteiger partial charge in [0.25, 0.3) is 0 Å². The van der Waals surface area contributed by atoms with Crippen LogP contribution in [0.3, 0.4) is 0 Å². The van der Waals surface area contributed by atoms with E-state index >= 15 is 0 Å². The number of aliphatic imine (C=N–C) groups is 1. The van der Waals surface area contributed by atoms with E-state index in [1.54, 1.807) is 24.4 Å². The van der Waals surface area contributed by atoms with Crippen molar-refractivity contribution in [2.24, 2.45) is 4.99 Å². The van der Waals surface area contributed by atoms with E-state index in [4.69, 9.17) is 21.3 Å². The van der Waals surface area contributed by atoms with Gasteiger partial charge in [-0.15, -0.1) is 0 Å². The van der Waals surface area contributed by atoms with Crippen LogP contribution in [-0.2, 0) is 10.0 Å². The molecule has 2 unspecified atom stereocenters. The van der Waals surface area contributed by atoms with E-state index in [-0.39, 0.29) is 17.0 Å². The van der Waals surface area contributed by atoms with Gasteiger partial charge in [-0.25, -0.2) is 17.7 Å². The maximum absolute atomic E-state index is 13.6. The summed E-state index contributed by atoms with van der Waals surface area (Å²) in [5.74, 6) is 1.62. The quantitative estimate of drug-likeness (QED) is 0.375. The molecule has 0 amide bonds. The molecule has 3 aliphatic heterocycles. The molecule has 3 aromatic carbocycles. The van der Waals surface area contributed by atoms with E-state index in [0.29, 0.717) is 27.6 Å². The lowest BCUT2D eigenvalue weighted by Gasteiger charge is -2.39. The first-order chi connectivity index (χ1) is 19.3. The molecule has 1 fully saturated rings. The van der Waals surface area contributed by atoms with Crippen molar-refractivity contribution >= 4 is 38.4 Å². The molecule has 40 heavy (non-hydrogen) atoms. The number of hydrogen-bond donors (Lipinski definition) is 1. The van der Waals surface area contributed by atoms with Gasteiger partial charge in [-0.05, 0) is 41.5 Å². The minimum atomic E-state index is -3.78. The molecule has 202 valence electrons. The molecule has 2 atom stereocenters. The zero-order valence-electron chi connectivity index (χ0n) is 21.9. The van der Waals surface area contributed by atoms with E-state index in [9.17, 15) is 8.42 Å². The van der Waals surface area contributed by atoms with Gasteiger partial charge >= 0.3 is 0 Å². The monoisotopic (exact) mass is 571 g/mol. The Morgan fingerprint density at radius 2 is 1.80 bits per heavy atom. The second-order valence-electron chi connectivity index (χ2n) is 10.2. The Labute approximate surface area is 237 Å². The summed E-state index contributed by atoms with van der Waals surface area (Å²) in [6.45, 7) is 1.51. The van der Waals surface area contributed by atoms with Gasteiger partial charge in [-0.3, -0.25) is 4.98 Å². The van der Waals surface area contributed by atoms with Gasteiger partial charge in [-0.2, -0.15) is 0 Å². The maximum Gasteiger partial charge on any atom is 0.243 e. The summed E-state index contributed by atoms with van der Waals surface area (Å²) in [6, 6.07) is 23.0. The third kappa shape index (κ3) is 3.80. The highest BCUT2D eigenvalue weighted by molar-refractivity contribution is 7.89. The summed E-state index contributed by atoms with van der Waals surface area (Å²) in [6.07, 6.45) is 1.36. The lowest BCUT2D eigenvalue weighted by atomic mass is 9.81. The van der Waals surface area contributed by atoms with Gasteiger partial charge in [0.1, 0.15) is 11.3 Å². The fourth-order valence-electron chi connectivity index (χ4n) is 5.77. The first-order valence-electron chi connectivity index (χ1n) is 13.0. The molecule has 0 saturated carbocycles. The van der Waals surface area contributed by atoms with Gasteiger partial charge in [0.05, 0.1) is 10.5 Å². The molecule has 0 spiro atoms. The molecule has 3 aliphatic rings. The third-order valence-electron chi connectivity index (χ3n) is 7.65. The van der Waals surface area contributed by atoms with Crippen LogP contribution in [0.2, 0.25) is 5.02 Å². The van der Waals surface area contributed by atoms with E-state index in [0.717, 1.165) is 41.2 Å². The fraction of sp³-hybridized carbons (Fsp3) is 0.200. The summed E-state index contributed by atoms with van der Waals surface area (Å²) in [7, 11) is -0.708. The lowest BCUT2D eigenvalue weighted by molar-refractivity contribution is 0.282. The number of rotatable bonds is 4. The van der Waals surface area contributed by atoms with Crippen LogP contribution in [0.5, 0.6) is 5.75 Å². The van der Waals surface area contributed by atoms with Crippen LogP contribution in [0.15, 0.2) is 100 Å². The molecular weight excluding hydrogens is 546 g/mol. The number of hydrogen-bond acceptors (Lipinski definition) is 7. The zero-order valence-corrected chi connectivity index (χ0v) is 23.4. The standard InChI is InChI=1S/C30H26ClN5O3S/c1-35(2)40(37,38)23-17-22-24(18-7-4-3-5-8-18)25-29-33-15-16-36(29)28(19-10-12-20(31)13-11-19)34-30(25)39-27(22)26-21(23)9-6-14-32-26/h3-14,17,24,28,33H,15-16H2,1-2H3. The number of pyridine rings is 1. The van der Waals surface area contributed by atoms with Gasteiger partial charge in [-0.1, -0.05) is 54.1 Å². The van der Waals surface area contributed by atoms with Crippen LogP contribution in [0.25, 0.3) is 10.9 Å². The third-order valence-corrected chi connectivity index (χ3v) is 9.75. The average Bonchev–Trinajstić information content (AvgIpc) is 3.46. The minimum absolute atomic E-state index is 0.195. The molecule has 0 bridgehead atoms. The summed E-state index contributed by atoms with van der Waals surface area (Å²) >= 11 is 6.19. The fourth-order valence-corrected chi connectivity index (χ4v) is 7.01. The normalized spacial score (nSPS) is 20.0. The molecule has 0 aliphatic carbocycles. The van der Waals surface area contributed by atoms with Crippen molar-refractivity contribution in [2.45, 2.75) is 17.0 Å². The highest BCUT2D eigenvalue weighted by Gasteiger charge is 2.44. The summed E-state index contributed by atoms with van der Waals surface area (Å²) in [5.41, 5.74) is 4.10. The average molecular weight is 572 g/mol. The van der Waals surface area contributed by atoms with Gasteiger partial charge < -0.3 is 15.0 Å². The minimum Gasteiger partial charge on any atom is -0.436 e. The predicted octanol–water partition coefficient (Wildman–Crippen LogP) is 4.89. The largest absolute Gasteiger partial charge is 0.436 e. The van der Waals surface area contributed by atoms with Gasteiger partial charge in [0, 0.05) is 55.3 Å². The van der Waals surface area contributed by atoms with Crippen molar-refractivity contribution in [3.8, 4) is 5.75 Å². The molecule has 4 heterocycles. The first-order valence-corrected chi connectivity index (χ1v) is 14.8. The number of nitrogens with zero attached hydrogens (tertiary/aromatic N) is 4. The Kier molecular flexibility index (Phi) is 5.85. The molecule has 0 radical (unpaired) electrons. The predicted molar refractivity (Wildman–Crippen MR) is 155 cm³/mol. The molecule has 1 saturated heterocycles. The number of fused-ring (bicyclic) bond motifs is 5. The van der Waals surface area contributed by atoms with Crippen LogP contribution in [0.1, 0.15) is 28.8 Å². The molecule has 1 aromatic heterocycles. The lowest BCUT2D eigenvalue weighted by Crippen LogP contribution is -2.38. The number of halogens is 1. The number of ether oxygens (including phenoxy) is 1. The topological polar surface area (TPSA) is 87.1 Å². The van der Waals surface area contributed by atoms with Crippen molar-refractivity contribution in [3.63, 3.8) is 0 Å². The molecule has 10 heteroatoms. The van der Waals surface area contributed by atoms with E-state index in [2.05, 4.69) is 27.3 Å². The SMILES string of the molecule is CN(C)S(=O)(=O)c1cc2c(c3ncccc13)OC1=NC(c3ccc(Cl)cc3)N3CCNC3=C1C2c1ccccc1. The smallest absolute Gasteiger partial charge is 0.243 e. The number of sulfonamides is 1. The maximum atomic E-state index is 13.6. The van der Waals surface area contributed by atoms with Crippen molar-refractivity contribution < 1.29 is 13.2 Å². The second-order valence-corrected chi connectivity index (χ2v) is 12.7. The highest BCUT2D eigenvalue weighted by Crippen LogP contribution is 2.50. The Hall–Kier alpha value is -3.92. The van der Waals surface area contributed by atoms with Crippen molar-refractivity contribution in [3.05, 3.63) is 112 Å².